The normalized spacial score (nSPS) is 22.7. The molecule has 7 nitrogen and oxygen atoms in total. The molecule has 0 aliphatic carbocycles. The summed E-state index contributed by atoms with van der Waals surface area (Å²) in [4.78, 5) is 37.7. The third-order valence-electron chi connectivity index (χ3n) is 3.98. The maximum absolute atomic E-state index is 11.8. The van der Waals surface area contributed by atoms with E-state index in [9.17, 15) is 14.4 Å². The van der Waals surface area contributed by atoms with E-state index in [-0.39, 0.29) is 18.4 Å². The van der Waals surface area contributed by atoms with Gasteiger partial charge >= 0.3 is 12.1 Å². The molecule has 0 saturated carbocycles. The highest BCUT2D eigenvalue weighted by molar-refractivity contribution is 5.86. The van der Waals surface area contributed by atoms with E-state index >= 15 is 0 Å². The summed E-state index contributed by atoms with van der Waals surface area (Å²) in [5.74, 6) is -1.22. The van der Waals surface area contributed by atoms with E-state index in [1.165, 1.54) is 0 Å². The Bertz CT molecular complexity index is 465. The molecule has 1 N–H and O–H groups in total. The zero-order chi connectivity index (χ0) is 16.5. The van der Waals surface area contributed by atoms with Crippen molar-refractivity contribution in [3.05, 3.63) is 0 Å². The first-order chi connectivity index (χ1) is 10.2. The highest BCUT2D eigenvalue weighted by Crippen LogP contribution is 2.24. The Morgan fingerprint density at radius 2 is 1.91 bits per heavy atom. The van der Waals surface area contributed by atoms with Crippen LogP contribution >= 0.6 is 0 Å². The second-order valence-electron chi connectivity index (χ2n) is 7.12. The lowest BCUT2D eigenvalue weighted by Crippen LogP contribution is -2.52. The van der Waals surface area contributed by atoms with Gasteiger partial charge in [0.1, 0.15) is 5.60 Å². The lowest BCUT2D eigenvalue weighted by molar-refractivity contribution is -0.141. The second-order valence-corrected chi connectivity index (χ2v) is 7.12. The average molecular weight is 312 g/mol. The molecule has 1 atom stereocenters. The Hall–Kier alpha value is -1.79. The molecular weight excluding hydrogens is 288 g/mol. The molecule has 0 radical (unpaired) electrons. The number of hydrogen-bond acceptors (Lipinski definition) is 4. The van der Waals surface area contributed by atoms with Gasteiger partial charge in [-0.25, -0.2) is 4.79 Å². The molecule has 2 aliphatic heterocycles. The van der Waals surface area contributed by atoms with E-state index in [0.29, 0.717) is 32.1 Å². The summed E-state index contributed by atoms with van der Waals surface area (Å²) < 4.78 is 5.28. The van der Waals surface area contributed by atoms with Gasteiger partial charge in [-0.15, -0.1) is 0 Å². The first kappa shape index (κ1) is 16.6. The van der Waals surface area contributed by atoms with Crippen molar-refractivity contribution in [3.8, 4) is 0 Å². The van der Waals surface area contributed by atoms with Crippen molar-refractivity contribution < 1.29 is 24.2 Å². The van der Waals surface area contributed by atoms with Crippen LogP contribution in [0.1, 0.15) is 33.6 Å². The van der Waals surface area contributed by atoms with Crippen LogP contribution in [0, 0.1) is 11.8 Å². The number of hydrogen-bond donors (Lipinski definition) is 1. The maximum Gasteiger partial charge on any atom is 0.410 e. The highest BCUT2D eigenvalue weighted by atomic mass is 16.6. The van der Waals surface area contributed by atoms with Crippen LogP contribution in [0.2, 0.25) is 0 Å². The third kappa shape index (κ3) is 4.11. The fourth-order valence-corrected chi connectivity index (χ4v) is 2.72. The molecule has 0 aromatic rings. The van der Waals surface area contributed by atoms with Crippen LogP contribution in [0.4, 0.5) is 4.79 Å². The number of carboxylic acids is 1. The van der Waals surface area contributed by atoms with Crippen LogP contribution in [0.3, 0.4) is 0 Å². The van der Waals surface area contributed by atoms with Gasteiger partial charge in [-0.3, -0.25) is 9.59 Å². The first-order valence-electron chi connectivity index (χ1n) is 7.64. The van der Waals surface area contributed by atoms with Gasteiger partial charge in [0.15, 0.2) is 0 Å². The first-order valence-corrected chi connectivity index (χ1v) is 7.64. The predicted octanol–water partition coefficient (Wildman–Crippen LogP) is 1.18. The zero-order valence-electron chi connectivity index (χ0n) is 13.4. The summed E-state index contributed by atoms with van der Waals surface area (Å²) in [5.41, 5.74) is -0.490. The summed E-state index contributed by atoms with van der Waals surface area (Å²) in [6.07, 6.45) is 0.591. The molecule has 0 aromatic carbocycles. The van der Waals surface area contributed by atoms with E-state index < -0.39 is 17.5 Å². The van der Waals surface area contributed by atoms with Crippen molar-refractivity contribution in [2.24, 2.45) is 11.8 Å². The van der Waals surface area contributed by atoms with Gasteiger partial charge in [0.25, 0.3) is 0 Å². The van der Waals surface area contributed by atoms with Crippen molar-refractivity contribution in [1.82, 2.24) is 9.80 Å². The van der Waals surface area contributed by atoms with Crippen LogP contribution in [0.15, 0.2) is 0 Å². The van der Waals surface area contributed by atoms with E-state index in [2.05, 4.69) is 0 Å². The van der Waals surface area contributed by atoms with Crippen molar-refractivity contribution >= 4 is 18.0 Å². The molecule has 124 valence electrons. The van der Waals surface area contributed by atoms with Crippen LogP contribution in [0.25, 0.3) is 0 Å². The quantitative estimate of drug-likeness (QED) is 0.842. The van der Waals surface area contributed by atoms with Crippen LogP contribution in [-0.2, 0) is 14.3 Å². The molecule has 0 aromatic heterocycles. The van der Waals surface area contributed by atoms with Gasteiger partial charge in [0, 0.05) is 32.6 Å². The highest BCUT2D eigenvalue weighted by Gasteiger charge is 2.37. The summed E-state index contributed by atoms with van der Waals surface area (Å²) in [6.45, 7) is 7.64. The Kier molecular flexibility index (Phi) is 4.63. The lowest BCUT2D eigenvalue weighted by atomic mass is 9.96. The number of carboxylic acid groups (broad SMARTS) is 1. The Morgan fingerprint density at radius 1 is 1.27 bits per heavy atom. The number of carbonyl (C=O) groups is 3. The largest absolute Gasteiger partial charge is 0.481 e. The standard InChI is InChI=1S/C15H24N2O5/c1-15(2,3)22-14(21)17-7-10(8-17)4-5-16-9-11(13(19)20)6-12(16)18/h10-11H,4-9H2,1-3H3,(H,19,20). The molecule has 2 heterocycles. The topological polar surface area (TPSA) is 87.2 Å². The second kappa shape index (κ2) is 6.14. The molecule has 2 rings (SSSR count). The van der Waals surface area contributed by atoms with Gasteiger partial charge in [-0.1, -0.05) is 0 Å². The third-order valence-corrected chi connectivity index (χ3v) is 3.98. The summed E-state index contributed by atoms with van der Waals surface area (Å²) in [6, 6.07) is 0. The van der Waals surface area contributed by atoms with E-state index in [1.54, 1.807) is 9.80 Å². The van der Waals surface area contributed by atoms with Crippen molar-refractivity contribution in [3.63, 3.8) is 0 Å². The van der Waals surface area contributed by atoms with Gasteiger partial charge in [-0.2, -0.15) is 0 Å². The molecule has 2 fully saturated rings. The smallest absolute Gasteiger partial charge is 0.410 e. The maximum atomic E-state index is 11.8. The van der Waals surface area contributed by atoms with Crippen molar-refractivity contribution in [2.45, 2.75) is 39.2 Å². The minimum absolute atomic E-state index is 0.0873. The average Bonchev–Trinajstić information content (AvgIpc) is 2.66. The molecule has 0 spiro atoms. The lowest BCUT2D eigenvalue weighted by Gasteiger charge is -2.40. The molecule has 2 amide bonds. The Morgan fingerprint density at radius 3 is 2.41 bits per heavy atom. The molecule has 2 saturated heterocycles. The van der Waals surface area contributed by atoms with Gasteiger partial charge < -0.3 is 19.6 Å². The molecule has 7 heteroatoms. The molecule has 22 heavy (non-hydrogen) atoms. The van der Waals surface area contributed by atoms with Gasteiger partial charge in [0.2, 0.25) is 5.91 Å². The van der Waals surface area contributed by atoms with Crippen LogP contribution in [-0.4, -0.2) is 64.7 Å². The number of nitrogens with zero attached hydrogens (tertiary/aromatic N) is 2. The fourth-order valence-electron chi connectivity index (χ4n) is 2.72. The Labute approximate surface area is 130 Å². The minimum Gasteiger partial charge on any atom is -0.481 e. The summed E-state index contributed by atoms with van der Waals surface area (Å²) >= 11 is 0. The van der Waals surface area contributed by atoms with Crippen molar-refractivity contribution in [1.29, 1.82) is 0 Å². The Balaban J connectivity index is 1.68. The summed E-state index contributed by atoms with van der Waals surface area (Å²) in [5, 5.41) is 8.94. The van der Waals surface area contributed by atoms with Crippen LogP contribution in [0.5, 0.6) is 0 Å². The van der Waals surface area contributed by atoms with E-state index in [4.69, 9.17) is 9.84 Å². The monoisotopic (exact) mass is 312 g/mol. The molecule has 1 unspecified atom stereocenters. The fraction of sp³-hybridized carbons (Fsp3) is 0.800. The number of carbonyl (C=O) groups excluding carboxylic acids is 2. The van der Waals surface area contributed by atoms with E-state index in [0.717, 1.165) is 6.42 Å². The van der Waals surface area contributed by atoms with Gasteiger partial charge in [0.05, 0.1) is 5.92 Å². The minimum atomic E-state index is -0.907. The van der Waals surface area contributed by atoms with Crippen molar-refractivity contribution in [2.75, 3.05) is 26.2 Å². The molecule has 0 bridgehead atoms. The number of aliphatic carboxylic acids is 1. The van der Waals surface area contributed by atoms with Crippen LogP contribution < -0.4 is 0 Å². The van der Waals surface area contributed by atoms with E-state index in [1.807, 2.05) is 20.8 Å². The molecular formula is C15H24N2O5. The SMILES string of the molecule is CC(C)(C)OC(=O)N1CC(CCN2CC(C(=O)O)CC2=O)C1. The van der Waals surface area contributed by atoms with Gasteiger partial charge in [-0.05, 0) is 33.1 Å². The number of likely N-dealkylation sites (tertiary alicyclic amines) is 2. The number of amides is 2. The zero-order valence-corrected chi connectivity index (χ0v) is 13.4. The molecule has 2 aliphatic rings. The number of ether oxygens (including phenoxy) is 1. The predicted molar refractivity (Wildman–Crippen MR) is 78.2 cm³/mol. The number of rotatable bonds is 4. The summed E-state index contributed by atoms with van der Waals surface area (Å²) in [7, 11) is 0.